The summed E-state index contributed by atoms with van der Waals surface area (Å²) in [4.78, 5) is 11.2. The highest BCUT2D eigenvalue weighted by Crippen LogP contribution is 2.53. The largest absolute Gasteiger partial charge is 0.309 e. The Kier molecular flexibility index (Phi) is 7.29. The van der Waals surface area contributed by atoms with Crippen molar-refractivity contribution in [2.45, 2.75) is 19.3 Å². The first kappa shape index (κ1) is 33.9. The molecule has 2 aliphatic rings. The third-order valence-electron chi connectivity index (χ3n) is 13.1. The lowest BCUT2D eigenvalue weighted by Gasteiger charge is -2.32. The molecule has 3 heterocycles. The van der Waals surface area contributed by atoms with Gasteiger partial charge in [0.15, 0.2) is 13.9 Å². The van der Waals surface area contributed by atoms with Crippen LogP contribution in [0.2, 0.25) is 0 Å². The third kappa shape index (κ3) is 4.69. The topological polar surface area (TPSA) is 30.7 Å². The molecule has 3 nitrogen and oxygen atoms in total. The van der Waals surface area contributed by atoms with Crippen LogP contribution in [-0.4, -0.2) is 22.6 Å². The molecule has 0 fully saturated rings. The number of rotatable bonds is 5. The molecular weight excluding hydrogens is 731 g/mol. The van der Waals surface area contributed by atoms with Gasteiger partial charge in [-0.05, 0) is 50.4 Å². The van der Waals surface area contributed by atoms with Gasteiger partial charge < -0.3 is 4.57 Å². The molecule has 0 bridgehead atoms. The second-order valence-corrected chi connectivity index (χ2v) is 20.2. The van der Waals surface area contributed by atoms with Gasteiger partial charge in [-0.1, -0.05) is 196 Å². The number of hydrogen-bond donors (Lipinski definition) is 0. The summed E-state index contributed by atoms with van der Waals surface area (Å²) in [5, 5.41) is 7.74. The van der Waals surface area contributed by atoms with E-state index < -0.39 is 8.07 Å². The van der Waals surface area contributed by atoms with E-state index in [0.29, 0.717) is 0 Å². The van der Waals surface area contributed by atoms with Crippen molar-refractivity contribution >= 4 is 50.6 Å². The molecule has 2 aromatic heterocycles. The monoisotopic (exact) mass is 769 g/mol. The average Bonchev–Trinajstić information content (AvgIpc) is 3.88. The fraction of sp³-hybridized carbons (Fsp3) is 0.0545. The van der Waals surface area contributed by atoms with E-state index in [4.69, 9.17) is 9.97 Å². The van der Waals surface area contributed by atoms with E-state index in [1.807, 2.05) is 0 Å². The first-order chi connectivity index (χ1) is 29.0. The highest BCUT2D eigenvalue weighted by molar-refractivity contribution is 7.22. The molecule has 59 heavy (non-hydrogen) atoms. The van der Waals surface area contributed by atoms with Gasteiger partial charge in [0.05, 0.1) is 22.4 Å². The zero-order valence-corrected chi connectivity index (χ0v) is 33.9. The van der Waals surface area contributed by atoms with Gasteiger partial charge in [0.25, 0.3) is 0 Å². The quantitative estimate of drug-likeness (QED) is 0.163. The molecule has 0 amide bonds. The standard InChI is InChI=1S/C55H39N3Si/c1-55(2)45-29-17-15-28-43(45)49-46(55)34-33-42-41-27-16-18-30-47(41)58(52(42)49)38-31-32-44-48(35-38)59(39-23-11-5-12-24-39,40-25-13-6-14-26-40)53-50(36-19-7-3-8-20-36)56-54(57-51(44)53)37-21-9-4-10-22-37/h3-35H,1-2H3. The Morgan fingerprint density at radius 1 is 0.475 bits per heavy atom. The molecule has 0 radical (unpaired) electrons. The Hall–Kier alpha value is -7.14. The number of para-hydroxylation sites is 1. The summed E-state index contributed by atoms with van der Waals surface area (Å²) in [6.45, 7) is 4.75. The number of benzene rings is 8. The maximum atomic E-state index is 5.59. The Labute approximate surface area is 345 Å². The summed E-state index contributed by atoms with van der Waals surface area (Å²) in [5.74, 6) is 0.739. The number of hydrogen-bond acceptors (Lipinski definition) is 2. The van der Waals surface area contributed by atoms with Crippen molar-refractivity contribution in [3.8, 4) is 50.7 Å². The second kappa shape index (κ2) is 12.7. The second-order valence-electron chi connectivity index (χ2n) is 16.5. The minimum Gasteiger partial charge on any atom is -0.309 e. The summed E-state index contributed by atoms with van der Waals surface area (Å²) in [6, 6.07) is 73.6. The van der Waals surface area contributed by atoms with Crippen molar-refractivity contribution < 1.29 is 0 Å². The van der Waals surface area contributed by atoms with Crippen molar-refractivity contribution in [3.63, 3.8) is 0 Å². The van der Waals surface area contributed by atoms with Gasteiger partial charge in [0.1, 0.15) is 0 Å². The van der Waals surface area contributed by atoms with Crippen LogP contribution in [0.4, 0.5) is 0 Å². The molecule has 0 atom stereocenters. The predicted molar refractivity (Wildman–Crippen MR) is 247 cm³/mol. The van der Waals surface area contributed by atoms with Crippen LogP contribution < -0.4 is 20.7 Å². The summed E-state index contributed by atoms with van der Waals surface area (Å²) < 4.78 is 2.55. The van der Waals surface area contributed by atoms with Gasteiger partial charge in [-0.15, -0.1) is 0 Å². The predicted octanol–water partition coefficient (Wildman–Crippen LogP) is 10.6. The number of aromatic nitrogens is 3. The molecule has 0 N–H and O–H groups in total. The SMILES string of the molecule is CC1(C)c2ccccc2-c2c1ccc1c3ccccc3n(-c3ccc4c(c3)[Si](c3ccccc3)(c3ccccc3)c3c(-c5ccccc5)nc(-c5ccccc5)nc3-4)c21. The molecule has 1 aliphatic heterocycles. The molecule has 1 aliphatic carbocycles. The van der Waals surface area contributed by atoms with Gasteiger partial charge in [0.2, 0.25) is 0 Å². The van der Waals surface area contributed by atoms with Gasteiger partial charge in [-0.25, -0.2) is 9.97 Å². The Balaban J connectivity index is 1.24. The zero-order chi connectivity index (χ0) is 39.3. The van der Waals surface area contributed by atoms with E-state index in [1.165, 1.54) is 70.4 Å². The molecule has 12 rings (SSSR count). The molecule has 0 unspecified atom stereocenters. The summed E-state index contributed by atoms with van der Waals surface area (Å²) >= 11 is 0. The van der Waals surface area contributed by atoms with E-state index in [1.54, 1.807) is 0 Å². The lowest BCUT2D eigenvalue weighted by Crippen LogP contribution is -2.73. The van der Waals surface area contributed by atoms with Crippen molar-refractivity contribution in [2.75, 3.05) is 0 Å². The Morgan fingerprint density at radius 2 is 1.07 bits per heavy atom. The van der Waals surface area contributed by atoms with E-state index in [9.17, 15) is 0 Å². The summed E-state index contributed by atoms with van der Waals surface area (Å²) in [6.07, 6.45) is 0. The van der Waals surface area contributed by atoms with Crippen LogP contribution in [0.15, 0.2) is 200 Å². The first-order valence-corrected chi connectivity index (χ1v) is 22.5. The Bertz CT molecular complexity index is 3240. The van der Waals surface area contributed by atoms with Gasteiger partial charge in [-0.2, -0.15) is 0 Å². The van der Waals surface area contributed by atoms with Crippen molar-refractivity contribution in [3.05, 3.63) is 211 Å². The van der Waals surface area contributed by atoms with Gasteiger partial charge in [-0.3, -0.25) is 0 Å². The van der Waals surface area contributed by atoms with Crippen LogP contribution in [-0.2, 0) is 5.41 Å². The molecule has 10 aromatic rings. The number of fused-ring (bicyclic) bond motifs is 10. The van der Waals surface area contributed by atoms with Crippen LogP contribution in [0, 0.1) is 0 Å². The molecule has 278 valence electrons. The van der Waals surface area contributed by atoms with Gasteiger partial charge in [0, 0.05) is 49.3 Å². The van der Waals surface area contributed by atoms with E-state index in [0.717, 1.165) is 34.0 Å². The molecule has 8 aromatic carbocycles. The first-order valence-electron chi connectivity index (χ1n) is 20.5. The summed E-state index contributed by atoms with van der Waals surface area (Å²) in [5.41, 5.74) is 14.2. The van der Waals surface area contributed by atoms with Crippen LogP contribution in [0.3, 0.4) is 0 Å². The Morgan fingerprint density at radius 3 is 1.78 bits per heavy atom. The van der Waals surface area contributed by atoms with Crippen LogP contribution in [0.25, 0.3) is 72.5 Å². The molecule has 0 saturated heterocycles. The van der Waals surface area contributed by atoms with Crippen LogP contribution >= 0.6 is 0 Å². The lowest BCUT2D eigenvalue weighted by molar-refractivity contribution is 0.661. The molecule has 0 saturated carbocycles. The molecule has 4 heteroatoms. The molecular formula is C55H39N3Si. The maximum Gasteiger partial charge on any atom is 0.185 e. The fourth-order valence-corrected chi connectivity index (χ4v) is 15.8. The smallest absolute Gasteiger partial charge is 0.185 e. The van der Waals surface area contributed by atoms with Crippen LogP contribution in [0.5, 0.6) is 0 Å². The van der Waals surface area contributed by atoms with Crippen molar-refractivity contribution in [1.29, 1.82) is 0 Å². The van der Waals surface area contributed by atoms with E-state index >= 15 is 0 Å². The maximum absolute atomic E-state index is 5.59. The van der Waals surface area contributed by atoms with Crippen molar-refractivity contribution in [1.82, 2.24) is 14.5 Å². The summed E-state index contributed by atoms with van der Waals surface area (Å²) in [7, 11) is -3.10. The zero-order valence-electron chi connectivity index (χ0n) is 32.9. The molecule has 0 spiro atoms. The lowest BCUT2D eigenvalue weighted by atomic mass is 9.82. The van der Waals surface area contributed by atoms with Gasteiger partial charge >= 0.3 is 0 Å². The minimum atomic E-state index is -3.10. The highest BCUT2D eigenvalue weighted by Gasteiger charge is 2.52. The average molecular weight is 770 g/mol. The normalized spacial score (nSPS) is 14.2. The fourth-order valence-electron chi connectivity index (χ4n) is 10.5. The third-order valence-corrected chi connectivity index (χ3v) is 17.9. The van der Waals surface area contributed by atoms with E-state index in [-0.39, 0.29) is 5.41 Å². The number of nitrogens with zero attached hydrogens (tertiary/aromatic N) is 3. The minimum absolute atomic E-state index is 0.118. The van der Waals surface area contributed by atoms with Crippen molar-refractivity contribution in [2.24, 2.45) is 0 Å². The van der Waals surface area contributed by atoms with Crippen LogP contribution in [0.1, 0.15) is 25.0 Å². The highest BCUT2D eigenvalue weighted by atomic mass is 28.3. The van der Waals surface area contributed by atoms with E-state index in [2.05, 4.69) is 219 Å².